The zero-order valence-electron chi connectivity index (χ0n) is 15.8. The van der Waals surface area contributed by atoms with E-state index < -0.39 is 32.2 Å². The van der Waals surface area contributed by atoms with Crippen molar-refractivity contribution in [3.8, 4) is 0 Å². The molecule has 8 nitrogen and oxygen atoms in total. The molecule has 0 heterocycles. The molecule has 0 aliphatic carbocycles. The van der Waals surface area contributed by atoms with Gasteiger partial charge in [-0.2, -0.15) is 8.42 Å². The van der Waals surface area contributed by atoms with Crippen molar-refractivity contribution < 1.29 is 65.6 Å². The van der Waals surface area contributed by atoms with E-state index in [1.807, 2.05) is 0 Å². The van der Waals surface area contributed by atoms with Crippen LogP contribution in [0.2, 0.25) is 0 Å². The first-order chi connectivity index (χ1) is 11.6. The molecule has 0 spiro atoms. The molecule has 0 bridgehead atoms. The zero-order chi connectivity index (χ0) is 18.9. The van der Waals surface area contributed by atoms with E-state index in [4.69, 9.17) is 8.92 Å². The number of benzene rings is 1. The van der Waals surface area contributed by atoms with E-state index in [9.17, 15) is 21.6 Å². The van der Waals surface area contributed by atoms with Crippen LogP contribution in [0.3, 0.4) is 0 Å². The number of rotatable bonds is 11. The number of ether oxygens (including phenoxy) is 1. The van der Waals surface area contributed by atoms with Gasteiger partial charge in [-0.25, -0.2) is 4.79 Å². The Balaban J connectivity index is 0. The van der Waals surface area contributed by atoms with Crippen molar-refractivity contribution in [3.05, 3.63) is 35.9 Å². The number of carbonyl (C=O) groups is 1. The molecule has 0 amide bonds. The molecule has 0 fully saturated rings. The summed E-state index contributed by atoms with van der Waals surface area (Å²) in [4.78, 5) is 11.8. The molecule has 0 saturated heterocycles. The van der Waals surface area contributed by atoms with Crippen molar-refractivity contribution in [2.24, 2.45) is 5.41 Å². The van der Waals surface area contributed by atoms with Crippen LogP contribution in [0.15, 0.2) is 30.3 Å². The van der Waals surface area contributed by atoms with Crippen LogP contribution in [-0.2, 0) is 38.2 Å². The summed E-state index contributed by atoms with van der Waals surface area (Å²) in [6.07, 6.45) is 0.416. The molecule has 0 atom stereocenters. The molecule has 1 aromatic rings. The van der Waals surface area contributed by atoms with Crippen molar-refractivity contribution >= 4 is 26.8 Å². The minimum Gasteiger partial charge on any atom is -0.870 e. The first-order valence-corrected chi connectivity index (χ1v) is 10.6. The number of esters is 1. The second-order valence-electron chi connectivity index (χ2n) is 6.30. The minimum atomic E-state index is -3.78. The molecule has 27 heavy (non-hydrogen) atoms. The van der Waals surface area contributed by atoms with Crippen LogP contribution in [0.1, 0.15) is 37.0 Å². The summed E-state index contributed by atoms with van der Waals surface area (Å²) in [7, 11) is -6.04. The van der Waals surface area contributed by atoms with Gasteiger partial charge < -0.3 is 18.6 Å². The molecular weight excluding hydrogens is 407 g/mol. The maximum Gasteiger partial charge on any atom is 1.00 e. The SMILES string of the molecule is CC(C)(CCOC(=O)c1ccccc1)COS(=O)(=O)CCC[S-](=O)=O.[Na+].[OH-]. The number of hydrogen-bond donors (Lipinski definition) is 0. The van der Waals surface area contributed by atoms with E-state index in [-0.39, 0.29) is 66.2 Å². The van der Waals surface area contributed by atoms with Gasteiger partial charge in [-0.15, -0.1) is 0 Å². The molecule has 0 unspecified atom stereocenters. The molecule has 1 N–H and O–H groups in total. The summed E-state index contributed by atoms with van der Waals surface area (Å²) in [5, 5.41) is 0. The number of hydrogen-bond acceptors (Lipinski definition) is 9. The predicted molar refractivity (Wildman–Crippen MR) is 95.0 cm³/mol. The topological polar surface area (TPSA) is 134 Å². The third-order valence-electron chi connectivity index (χ3n) is 3.36. The average molecular weight is 431 g/mol. The maximum absolute atomic E-state index is 11.8. The smallest absolute Gasteiger partial charge is 0.870 e. The van der Waals surface area contributed by atoms with E-state index in [0.29, 0.717) is 12.0 Å². The third kappa shape index (κ3) is 13.3. The van der Waals surface area contributed by atoms with Crippen LogP contribution in [0.25, 0.3) is 0 Å². The Morgan fingerprint density at radius 3 is 2.30 bits per heavy atom. The molecule has 0 aliphatic rings. The predicted octanol–water partition coefficient (Wildman–Crippen LogP) is -0.867. The van der Waals surface area contributed by atoms with Crippen LogP contribution in [0.5, 0.6) is 0 Å². The minimum absolute atomic E-state index is 0. The summed E-state index contributed by atoms with van der Waals surface area (Å²) in [6.45, 7) is 3.66. The van der Waals surface area contributed by atoms with Crippen LogP contribution in [0.4, 0.5) is 0 Å². The van der Waals surface area contributed by atoms with Gasteiger partial charge in [0.05, 0.1) is 24.5 Å². The van der Waals surface area contributed by atoms with Crippen molar-refractivity contribution in [1.29, 1.82) is 0 Å². The van der Waals surface area contributed by atoms with Crippen molar-refractivity contribution in [2.45, 2.75) is 26.7 Å². The Hall–Kier alpha value is -0.490. The standard InChI is InChI=1S/C16H23O7S2.Na.H2O/c1-16(2,13-23-25(20,21)12-6-11-24(18)19)9-10-22-15(17)14-7-4-3-5-8-14;;/h3-5,7-8H,6,9-13H2,1-2H3;;1H2/q-1;+1;/p-1. The van der Waals surface area contributed by atoms with Crippen molar-refractivity contribution in [3.63, 3.8) is 0 Å². The summed E-state index contributed by atoms with van der Waals surface area (Å²) in [6, 6.07) is 8.58. The molecule has 150 valence electrons. The monoisotopic (exact) mass is 431 g/mol. The van der Waals surface area contributed by atoms with Crippen molar-refractivity contribution in [2.75, 3.05) is 24.7 Å². The second kappa shape index (κ2) is 13.6. The van der Waals surface area contributed by atoms with Gasteiger partial charge >= 0.3 is 35.5 Å². The van der Waals surface area contributed by atoms with E-state index >= 15 is 0 Å². The molecule has 0 radical (unpaired) electrons. The van der Waals surface area contributed by atoms with Gasteiger partial charge in [0, 0.05) is 0 Å². The van der Waals surface area contributed by atoms with E-state index in [2.05, 4.69) is 0 Å². The number of carbonyl (C=O) groups excluding carboxylic acids is 1. The van der Waals surface area contributed by atoms with Gasteiger partial charge in [-0.1, -0.05) is 54.9 Å². The quantitative estimate of drug-likeness (QED) is 0.191. The molecule has 1 rings (SSSR count). The van der Waals surface area contributed by atoms with Crippen LogP contribution in [0, 0.1) is 5.41 Å². The summed E-state index contributed by atoms with van der Waals surface area (Å²) >= 11 is 0. The van der Waals surface area contributed by atoms with E-state index in [1.54, 1.807) is 44.2 Å². The van der Waals surface area contributed by atoms with Crippen molar-refractivity contribution in [1.82, 2.24) is 0 Å². The first-order valence-electron chi connectivity index (χ1n) is 7.76. The maximum atomic E-state index is 11.8. The van der Waals surface area contributed by atoms with Gasteiger partial charge in [-0.05, 0) is 24.0 Å². The fraction of sp³-hybridized carbons (Fsp3) is 0.562. The summed E-state index contributed by atoms with van der Waals surface area (Å²) in [5.41, 5.74) is -0.0688. The average Bonchev–Trinajstić information content (AvgIpc) is 2.53. The van der Waals surface area contributed by atoms with Gasteiger partial charge in [0.25, 0.3) is 10.1 Å². The molecule has 1 aromatic carbocycles. The first kappa shape index (κ1) is 28.7. The van der Waals surface area contributed by atoms with Gasteiger partial charge in [-0.3, -0.25) is 4.18 Å². The zero-order valence-corrected chi connectivity index (χ0v) is 19.4. The molecular formula is C16H24NaO8S2-. The molecule has 0 aromatic heterocycles. The third-order valence-corrected chi connectivity index (χ3v) is 5.24. The largest absolute Gasteiger partial charge is 1.00 e. The van der Waals surface area contributed by atoms with E-state index in [0.717, 1.165) is 0 Å². The Bertz CT molecular complexity index is 722. The normalized spacial score (nSPS) is 11.4. The fourth-order valence-electron chi connectivity index (χ4n) is 1.81. The molecule has 11 heteroatoms. The fourth-order valence-corrected chi connectivity index (χ4v) is 3.49. The summed E-state index contributed by atoms with van der Waals surface area (Å²) < 4.78 is 54.4. The summed E-state index contributed by atoms with van der Waals surface area (Å²) in [5.74, 6) is -1.00. The van der Waals surface area contributed by atoms with E-state index in [1.165, 1.54) is 0 Å². The Labute approximate surface area is 184 Å². The Kier molecular flexibility index (Phi) is 14.5. The second-order valence-corrected chi connectivity index (χ2v) is 9.08. The van der Waals surface area contributed by atoms with Gasteiger partial charge in [0.1, 0.15) is 0 Å². The Morgan fingerprint density at radius 2 is 1.74 bits per heavy atom. The van der Waals surface area contributed by atoms with Crippen LogP contribution in [-0.4, -0.2) is 44.6 Å². The Morgan fingerprint density at radius 1 is 1.15 bits per heavy atom. The van der Waals surface area contributed by atoms with Crippen LogP contribution >= 0.6 is 0 Å². The van der Waals surface area contributed by atoms with Gasteiger partial charge in [0.15, 0.2) is 0 Å². The van der Waals surface area contributed by atoms with Gasteiger partial charge in [0.2, 0.25) is 0 Å². The molecule has 0 aliphatic heterocycles. The molecule has 0 saturated carbocycles. The van der Waals surface area contributed by atoms with Crippen LogP contribution < -0.4 is 29.6 Å².